The van der Waals surface area contributed by atoms with Gasteiger partial charge in [0, 0.05) is 36.0 Å². The lowest BCUT2D eigenvalue weighted by Crippen LogP contribution is -2.27. The third-order valence-electron chi connectivity index (χ3n) is 3.44. The summed E-state index contributed by atoms with van der Waals surface area (Å²) in [6.07, 6.45) is 4.92. The summed E-state index contributed by atoms with van der Waals surface area (Å²) in [5, 5.41) is -0.873. The van der Waals surface area contributed by atoms with Gasteiger partial charge in [-0.05, 0) is 12.1 Å². The van der Waals surface area contributed by atoms with Crippen LogP contribution >= 0.6 is 10.7 Å². The van der Waals surface area contributed by atoms with Crippen molar-refractivity contribution in [2.45, 2.75) is 11.7 Å². The largest absolute Gasteiger partial charge is 0.309 e. The van der Waals surface area contributed by atoms with Crippen molar-refractivity contribution in [1.29, 1.82) is 0 Å². The summed E-state index contributed by atoms with van der Waals surface area (Å²) >= 11 is 0. The van der Waals surface area contributed by atoms with E-state index in [9.17, 15) is 13.2 Å². The highest BCUT2D eigenvalue weighted by atomic mass is 35.7. The maximum Gasteiger partial charge on any atom is 0.237 e. The molecule has 1 atom stereocenters. The van der Waals surface area contributed by atoms with Crippen LogP contribution in [-0.4, -0.2) is 35.7 Å². The second-order valence-electron chi connectivity index (χ2n) is 4.76. The Morgan fingerprint density at radius 3 is 2.52 bits per heavy atom. The van der Waals surface area contributed by atoms with Gasteiger partial charge in [0.15, 0.2) is 0 Å². The van der Waals surface area contributed by atoms with Crippen molar-refractivity contribution in [3.63, 3.8) is 0 Å². The molecule has 2 heterocycles. The molecule has 110 valence electrons. The van der Waals surface area contributed by atoms with Crippen molar-refractivity contribution in [2.75, 3.05) is 11.4 Å². The number of para-hydroxylation sites is 2. The van der Waals surface area contributed by atoms with Gasteiger partial charge in [-0.2, -0.15) is 0 Å². The quantitative estimate of drug-likeness (QED) is 0.803. The molecular weight excluding hydrogens is 314 g/mol. The Hall–Kier alpha value is -1.86. The molecule has 0 N–H and O–H groups in total. The third kappa shape index (κ3) is 2.66. The number of amides is 1. The molecule has 0 bridgehead atoms. The van der Waals surface area contributed by atoms with Gasteiger partial charge in [-0.25, -0.2) is 13.4 Å². The molecule has 8 heteroatoms. The van der Waals surface area contributed by atoms with Crippen molar-refractivity contribution in [3.8, 4) is 5.69 Å². The maximum absolute atomic E-state index is 12.1. The fourth-order valence-corrected chi connectivity index (χ4v) is 3.44. The van der Waals surface area contributed by atoms with Crippen LogP contribution in [0.15, 0.2) is 43.0 Å². The molecule has 6 nitrogen and oxygen atoms in total. The number of imidazole rings is 1. The molecule has 1 amide bonds. The second-order valence-corrected chi connectivity index (χ2v) is 7.67. The zero-order chi connectivity index (χ0) is 15.0. The highest BCUT2D eigenvalue weighted by Crippen LogP contribution is 2.31. The normalized spacial score (nSPS) is 19.2. The highest BCUT2D eigenvalue weighted by Gasteiger charge is 2.38. The number of carbonyl (C=O) groups excluding carboxylic acids is 1. The van der Waals surface area contributed by atoms with E-state index in [1.807, 2.05) is 12.1 Å². The molecule has 1 unspecified atom stereocenters. The smallest absolute Gasteiger partial charge is 0.237 e. The van der Waals surface area contributed by atoms with Crippen molar-refractivity contribution in [2.24, 2.45) is 0 Å². The molecule has 1 aliphatic rings. The van der Waals surface area contributed by atoms with Crippen LogP contribution in [0.3, 0.4) is 0 Å². The zero-order valence-corrected chi connectivity index (χ0v) is 12.5. The van der Waals surface area contributed by atoms with Crippen LogP contribution in [0.2, 0.25) is 0 Å². The average Bonchev–Trinajstić information content (AvgIpc) is 3.07. The Morgan fingerprint density at radius 2 is 1.95 bits per heavy atom. The third-order valence-corrected chi connectivity index (χ3v) is 5.31. The molecule has 2 aromatic rings. The second kappa shape index (κ2) is 5.16. The minimum Gasteiger partial charge on any atom is -0.309 e. The lowest BCUT2D eigenvalue weighted by Gasteiger charge is -2.20. The van der Waals surface area contributed by atoms with Crippen LogP contribution in [-0.2, 0) is 13.8 Å². The number of hydrogen-bond acceptors (Lipinski definition) is 4. The fourth-order valence-electron chi connectivity index (χ4n) is 2.41. The first-order valence-electron chi connectivity index (χ1n) is 6.28. The number of hydrogen-bond donors (Lipinski definition) is 0. The number of anilines is 1. The summed E-state index contributed by atoms with van der Waals surface area (Å²) in [5.74, 6) is -0.253. The van der Waals surface area contributed by atoms with Crippen molar-refractivity contribution in [1.82, 2.24) is 9.55 Å². The number of carbonyl (C=O) groups is 1. The number of rotatable bonds is 3. The van der Waals surface area contributed by atoms with E-state index >= 15 is 0 Å². The van der Waals surface area contributed by atoms with Gasteiger partial charge in [-0.3, -0.25) is 4.79 Å². The SMILES string of the molecule is O=C1CC(S(=O)(=O)Cl)CN1c1ccccc1-n1ccnc1. The van der Waals surface area contributed by atoms with E-state index in [1.54, 1.807) is 35.4 Å². The molecule has 0 radical (unpaired) electrons. The Morgan fingerprint density at radius 1 is 1.24 bits per heavy atom. The summed E-state index contributed by atoms with van der Waals surface area (Å²) in [6.45, 7) is 0.0659. The minimum absolute atomic E-state index is 0.0659. The van der Waals surface area contributed by atoms with E-state index in [0.717, 1.165) is 5.69 Å². The van der Waals surface area contributed by atoms with Gasteiger partial charge < -0.3 is 9.47 Å². The Kier molecular flexibility index (Phi) is 3.46. The standard InChI is InChI=1S/C13H12ClN3O3S/c14-21(19,20)10-7-13(18)17(8-10)12-4-2-1-3-11(12)16-6-5-15-9-16/h1-6,9-10H,7-8H2. The van der Waals surface area contributed by atoms with Gasteiger partial charge in [0.25, 0.3) is 0 Å². The van der Waals surface area contributed by atoms with E-state index in [1.165, 1.54) is 4.90 Å². The van der Waals surface area contributed by atoms with Gasteiger partial charge in [-0.1, -0.05) is 12.1 Å². The Labute approximate surface area is 126 Å². The summed E-state index contributed by atoms with van der Waals surface area (Å²) in [4.78, 5) is 17.6. The Bertz CT molecular complexity index is 774. The summed E-state index contributed by atoms with van der Waals surface area (Å²) in [7, 11) is 1.62. The molecule has 1 saturated heterocycles. The molecule has 0 aliphatic carbocycles. The van der Waals surface area contributed by atoms with E-state index in [2.05, 4.69) is 4.98 Å². The number of benzene rings is 1. The summed E-state index contributed by atoms with van der Waals surface area (Å²) < 4.78 is 24.7. The molecule has 1 aromatic heterocycles. The Balaban J connectivity index is 2.01. The predicted octanol–water partition coefficient (Wildman–Crippen LogP) is 1.55. The van der Waals surface area contributed by atoms with Gasteiger partial charge in [-0.15, -0.1) is 0 Å². The van der Waals surface area contributed by atoms with Crippen LogP contribution in [0, 0.1) is 0 Å². The minimum atomic E-state index is -3.75. The first-order chi connectivity index (χ1) is 9.97. The lowest BCUT2D eigenvalue weighted by molar-refractivity contribution is -0.117. The maximum atomic E-state index is 12.1. The van der Waals surface area contributed by atoms with Gasteiger partial charge >= 0.3 is 0 Å². The van der Waals surface area contributed by atoms with Crippen LogP contribution < -0.4 is 4.90 Å². The molecule has 0 spiro atoms. The van der Waals surface area contributed by atoms with Crippen LogP contribution in [0.5, 0.6) is 0 Å². The van der Waals surface area contributed by atoms with Crippen LogP contribution in [0.1, 0.15) is 6.42 Å². The summed E-state index contributed by atoms with van der Waals surface area (Å²) in [5.41, 5.74) is 1.40. The van der Waals surface area contributed by atoms with E-state index in [-0.39, 0.29) is 18.9 Å². The van der Waals surface area contributed by atoms with Gasteiger partial charge in [0.2, 0.25) is 15.0 Å². The van der Waals surface area contributed by atoms with E-state index < -0.39 is 14.3 Å². The molecule has 0 saturated carbocycles. The van der Waals surface area contributed by atoms with Gasteiger partial charge in [0.1, 0.15) is 5.25 Å². The summed E-state index contributed by atoms with van der Waals surface area (Å²) in [6, 6.07) is 7.25. The van der Waals surface area contributed by atoms with Crippen molar-refractivity contribution >= 4 is 31.3 Å². The van der Waals surface area contributed by atoms with Crippen LogP contribution in [0.4, 0.5) is 5.69 Å². The predicted molar refractivity (Wildman–Crippen MR) is 79.1 cm³/mol. The fraction of sp³-hybridized carbons (Fsp3) is 0.231. The van der Waals surface area contributed by atoms with E-state index in [4.69, 9.17) is 10.7 Å². The topological polar surface area (TPSA) is 72.3 Å². The average molecular weight is 326 g/mol. The molecule has 1 fully saturated rings. The van der Waals surface area contributed by atoms with Crippen LogP contribution in [0.25, 0.3) is 5.69 Å². The molecule has 21 heavy (non-hydrogen) atoms. The van der Waals surface area contributed by atoms with Crippen molar-refractivity contribution < 1.29 is 13.2 Å². The highest BCUT2D eigenvalue weighted by molar-refractivity contribution is 8.14. The molecule has 1 aliphatic heterocycles. The number of aromatic nitrogens is 2. The van der Waals surface area contributed by atoms with Gasteiger partial charge in [0.05, 0.1) is 17.7 Å². The van der Waals surface area contributed by atoms with E-state index in [0.29, 0.717) is 5.69 Å². The first-order valence-corrected chi connectivity index (χ1v) is 8.65. The number of nitrogens with zero attached hydrogens (tertiary/aromatic N) is 3. The molecular formula is C13H12ClN3O3S. The number of halogens is 1. The monoisotopic (exact) mass is 325 g/mol. The zero-order valence-electron chi connectivity index (χ0n) is 10.9. The first kappa shape index (κ1) is 14.1. The lowest BCUT2D eigenvalue weighted by atomic mass is 10.2. The molecule has 1 aromatic carbocycles. The molecule has 3 rings (SSSR count). The van der Waals surface area contributed by atoms with Crippen molar-refractivity contribution in [3.05, 3.63) is 43.0 Å².